The van der Waals surface area contributed by atoms with Crippen LogP contribution in [0.2, 0.25) is 0 Å². The minimum atomic E-state index is -0.122. The van der Waals surface area contributed by atoms with Gasteiger partial charge in [0.2, 0.25) is 5.88 Å². The van der Waals surface area contributed by atoms with Crippen LogP contribution in [-0.2, 0) is 6.61 Å². The molecule has 2 aromatic heterocycles. The molecule has 5 heteroatoms. The lowest BCUT2D eigenvalue weighted by atomic mass is 10.3. The molecule has 0 bridgehead atoms. The maximum Gasteiger partial charge on any atom is 0.243 e. The molecule has 20 heavy (non-hydrogen) atoms. The largest absolute Gasteiger partial charge is 0.437 e. The molecule has 4 nitrogen and oxygen atoms in total. The lowest BCUT2D eigenvalue weighted by Gasteiger charge is -2.05. The fourth-order valence-electron chi connectivity index (χ4n) is 2.01. The topological polar surface area (TPSA) is 46.8 Å². The quantitative estimate of drug-likeness (QED) is 0.747. The number of hydrogen-bond acceptors (Lipinski definition) is 4. The van der Waals surface area contributed by atoms with Crippen molar-refractivity contribution in [1.82, 2.24) is 9.38 Å². The van der Waals surface area contributed by atoms with Crippen molar-refractivity contribution in [2.75, 3.05) is 6.26 Å². The Kier molecular flexibility index (Phi) is 3.62. The molecule has 0 fully saturated rings. The molecule has 0 aliphatic carbocycles. The summed E-state index contributed by atoms with van der Waals surface area (Å²) in [6, 6.07) is 13.5. The second-order valence-corrected chi connectivity index (χ2v) is 5.11. The van der Waals surface area contributed by atoms with Crippen molar-refractivity contribution >= 4 is 17.4 Å². The maximum atomic E-state index is 9.52. The number of pyridine rings is 1. The van der Waals surface area contributed by atoms with Crippen molar-refractivity contribution < 1.29 is 9.84 Å². The number of benzene rings is 1. The fraction of sp³-hybridized carbons (Fsp3) is 0.133. The fourth-order valence-corrected chi connectivity index (χ4v) is 2.41. The molecule has 0 unspecified atom stereocenters. The molecule has 3 rings (SSSR count). The molecule has 102 valence electrons. The molecule has 2 heterocycles. The minimum absolute atomic E-state index is 0.122. The molecule has 1 N–H and O–H groups in total. The number of rotatable bonds is 4. The van der Waals surface area contributed by atoms with Gasteiger partial charge >= 0.3 is 0 Å². The van der Waals surface area contributed by atoms with Gasteiger partial charge in [-0.2, -0.15) is 4.98 Å². The van der Waals surface area contributed by atoms with E-state index in [1.165, 1.54) is 4.90 Å². The van der Waals surface area contributed by atoms with Gasteiger partial charge in [-0.1, -0.05) is 6.07 Å². The molecule has 1 aromatic carbocycles. The predicted molar refractivity (Wildman–Crippen MR) is 79.4 cm³/mol. The number of fused-ring (bicyclic) bond motifs is 1. The van der Waals surface area contributed by atoms with E-state index in [0.717, 1.165) is 5.65 Å². The highest BCUT2D eigenvalue weighted by atomic mass is 32.2. The molecule has 0 aliphatic heterocycles. The minimum Gasteiger partial charge on any atom is -0.437 e. The Labute approximate surface area is 121 Å². The van der Waals surface area contributed by atoms with Crippen LogP contribution < -0.4 is 4.74 Å². The van der Waals surface area contributed by atoms with Gasteiger partial charge in [0.25, 0.3) is 0 Å². The van der Waals surface area contributed by atoms with Crippen LogP contribution in [-0.4, -0.2) is 20.7 Å². The summed E-state index contributed by atoms with van der Waals surface area (Å²) in [5.41, 5.74) is 1.40. The summed E-state index contributed by atoms with van der Waals surface area (Å²) in [6.07, 6.45) is 3.89. The van der Waals surface area contributed by atoms with Crippen LogP contribution >= 0.6 is 11.8 Å². The number of imidazole rings is 1. The van der Waals surface area contributed by atoms with Crippen LogP contribution in [0.3, 0.4) is 0 Å². The van der Waals surface area contributed by atoms with Crippen LogP contribution in [0.1, 0.15) is 5.69 Å². The highest BCUT2D eigenvalue weighted by Gasteiger charge is 2.12. The third-order valence-corrected chi connectivity index (χ3v) is 3.76. The van der Waals surface area contributed by atoms with Gasteiger partial charge in [-0.25, -0.2) is 0 Å². The second-order valence-electron chi connectivity index (χ2n) is 4.23. The van der Waals surface area contributed by atoms with E-state index in [1.807, 2.05) is 59.3 Å². The van der Waals surface area contributed by atoms with Gasteiger partial charge in [-0.3, -0.25) is 4.40 Å². The average molecular weight is 286 g/mol. The van der Waals surface area contributed by atoms with Gasteiger partial charge in [0.1, 0.15) is 17.1 Å². The highest BCUT2D eigenvalue weighted by molar-refractivity contribution is 7.98. The Morgan fingerprint density at radius 3 is 2.70 bits per heavy atom. The van der Waals surface area contributed by atoms with E-state index in [1.54, 1.807) is 11.8 Å². The van der Waals surface area contributed by atoms with Crippen molar-refractivity contribution in [3.05, 3.63) is 54.4 Å². The molecule has 0 aliphatic rings. The van der Waals surface area contributed by atoms with Gasteiger partial charge < -0.3 is 9.84 Å². The Balaban J connectivity index is 1.96. The predicted octanol–water partition coefficient (Wildman–Crippen LogP) is 3.34. The number of ether oxygens (including phenoxy) is 1. The first-order valence-electron chi connectivity index (χ1n) is 6.20. The molecule has 0 saturated heterocycles. The summed E-state index contributed by atoms with van der Waals surface area (Å²) >= 11 is 1.68. The first-order chi connectivity index (χ1) is 9.81. The number of aliphatic hydroxyl groups excluding tert-OH is 1. The van der Waals surface area contributed by atoms with Gasteiger partial charge in [-0.15, -0.1) is 11.8 Å². The van der Waals surface area contributed by atoms with Crippen molar-refractivity contribution in [2.24, 2.45) is 0 Å². The number of thioether (sulfide) groups is 1. The van der Waals surface area contributed by atoms with Crippen molar-refractivity contribution in [2.45, 2.75) is 11.5 Å². The van der Waals surface area contributed by atoms with E-state index in [-0.39, 0.29) is 6.61 Å². The lowest BCUT2D eigenvalue weighted by Crippen LogP contribution is -1.94. The number of hydrogen-bond donors (Lipinski definition) is 1. The summed E-state index contributed by atoms with van der Waals surface area (Å²) in [5.74, 6) is 1.15. The van der Waals surface area contributed by atoms with Gasteiger partial charge in [0, 0.05) is 11.1 Å². The first-order valence-corrected chi connectivity index (χ1v) is 7.43. The molecule has 0 amide bonds. The average Bonchev–Trinajstić information content (AvgIpc) is 2.85. The van der Waals surface area contributed by atoms with Gasteiger partial charge in [0.15, 0.2) is 0 Å². The SMILES string of the molecule is CSc1ccc(Oc2nc3ccccn3c2CO)cc1. The van der Waals surface area contributed by atoms with Crippen LogP contribution in [0.15, 0.2) is 53.6 Å². The smallest absolute Gasteiger partial charge is 0.243 e. The zero-order chi connectivity index (χ0) is 13.9. The van der Waals surface area contributed by atoms with Crippen LogP contribution in [0.5, 0.6) is 11.6 Å². The highest BCUT2D eigenvalue weighted by Crippen LogP contribution is 2.27. The molecule has 0 saturated carbocycles. The summed E-state index contributed by atoms with van der Waals surface area (Å²) in [5, 5.41) is 9.52. The van der Waals surface area contributed by atoms with E-state index in [4.69, 9.17) is 4.74 Å². The Morgan fingerprint density at radius 2 is 2.00 bits per heavy atom. The van der Waals surface area contributed by atoms with E-state index in [0.29, 0.717) is 17.3 Å². The van der Waals surface area contributed by atoms with Crippen LogP contribution in [0, 0.1) is 0 Å². The molecular weight excluding hydrogens is 272 g/mol. The van der Waals surface area contributed by atoms with E-state index >= 15 is 0 Å². The van der Waals surface area contributed by atoms with E-state index in [9.17, 15) is 5.11 Å². The Bertz CT molecular complexity index is 722. The monoisotopic (exact) mass is 286 g/mol. The van der Waals surface area contributed by atoms with Crippen molar-refractivity contribution in [1.29, 1.82) is 0 Å². The van der Waals surface area contributed by atoms with E-state index < -0.39 is 0 Å². The zero-order valence-corrected chi connectivity index (χ0v) is 11.8. The summed E-state index contributed by atoms with van der Waals surface area (Å²) in [7, 11) is 0. The normalized spacial score (nSPS) is 10.9. The van der Waals surface area contributed by atoms with Gasteiger partial charge in [-0.05, 0) is 42.7 Å². The lowest BCUT2D eigenvalue weighted by molar-refractivity contribution is 0.269. The second kappa shape index (κ2) is 5.56. The standard InChI is InChI=1S/C15H14N2O2S/c1-20-12-7-5-11(6-8-12)19-15-13(10-18)17-9-3-2-4-14(17)16-15/h2-9,18H,10H2,1H3. The molecular formula is C15H14N2O2S. The summed E-state index contributed by atoms with van der Waals surface area (Å²) in [6.45, 7) is -0.122. The number of aromatic nitrogens is 2. The summed E-state index contributed by atoms with van der Waals surface area (Å²) < 4.78 is 7.61. The molecule has 0 atom stereocenters. The third kappa shape index (κ3) is 2.37. The molecule has 0 radical (unpaired) electrons. The molecule has 0 spiro atoms. The summed E-state index contributed by atoms with van der Waals surface area (Å²) in [4.78, 5) is 5.57. The number of aliphatic hydroxyl groups is 1. The third-order valence-electron chi connectivity index (χ3n) is 3.02. The van der Waals surface area contributed by atoms with Crippen LogP contribution in [0.4, 0.5) is 0 Å². The van der Waals surface area contributed by atoms with Gasteiger partial charge in [0.05, 0.1) is 6.61 Å². The maximum absolute atomic E-state index is 9.52. The van der Waals surface area contributed by atoms with E-state index in [2.05, 4.69) is 4.98 Å². The Hall–Kier alpha value is -1.98. The number of nitrogens with zero attached hydrogens (tertiary/aromatic N) is 2. The van der Waals surface area contributed by atoms with Crippen molar-refractivity contribution in [3.8, 4) is 11.6 Å². The van der Waals surface area contributed by atoms with Crippen LogP contribution in [0.25, 0.3) is 5.65 Å². The molecule has 3 aromatic rings. The zero-order valence-electron chi connectivity index (χ0n) is 11.0. The van der Waals surface area contributed by atoms with Crippen molar-refractivity contribution in [3.63, 3.8) is 0 Å². The first kappa shape index (κ1) is 13.0. The Morgan fingerprint density at radius 1 is 1.20 bits per heavy atom.